The van der Waals surface area contributed by atoms with Gasteiger partial charge in [-0.3, -0.25) is 38.4 Å². The Morgan fingerprint density at radius 3 is 2.10 bits per heavy atom. The molecule has 12 N–H and O–H groups in total. The Labute approximate surface area is 294 Å². The molecule has 0 saturated carbocycles. The molecule has 1 saturated heterocycles. The van der Waals surface area contributed by atoms with Crippen LogP contribution in [0.5, 0.6) is 5.75 Å². The van der Waals surface area contributed by atoms with Crippen molar-refractivity contribution in [1.29, 1.82) is 0 Å². The highest BCUT2D eigenvalue weighted by atomic mass is 32.1. The highest BCUT2D eigenvalue weighted by Gasteiger charge is 2.38. The molecule has 0 spiro atoms. The lowest BCUT2D eigenvalue weighted by Crippen LogP contribution is -2.59. The third-order valence-electron chi connectivity index (χ3n) is 7.88. The highest BCUT2D eigenvalue weighted by Crippen LogP contribution is 2.20. The van der Waals surface area contributed by atoms with Gasteiger partial charge < -0.3 is 53.8 Å². The summed E-state index contributed by atoms with van der Waals surface area (Å²) in [5.74, 6) is -6.23. The molecule has 1 aliphatic rings. The molecule has 18 nitrogen and oxygen atoms in total. The largest absolute Gasteiger partial charge is 0.508 e. The van der Waals surface area contributed by atoms with Crippen LogP contribution in [0.2, 0.25) is 0 Å². The number of phenolic OH excluding ortho intramolecular Hbond substituents is 1. The maximum absolute atomic E-state index is 13.6. The summed E-state index contributed by atoms with van der Waals surface area (Å²) in [6.07, 6.45) is 0.295. The van der Waals surface area contributed by atoms with Crippen LogP contribution in [0.1, 0.15) is 45.1 Å². The average molecular weight is 722 g/mol. The Morgan fingerprint density at radius 1 is 0.900 bits per heavy atom. The van der Waals surface area contributed by atoms with E-state index in [-0.39, 0.29) is 50.3 Å². The Morgan fingerprint density at radius 2 is 1.54 bits per heavy atom. The summed E-state index contributed by atoms with van der Waals surface area (Å²) in [6, 6.07) is 0.436. The predicted molar refractivity (Wildman–Crippen MR) is 183 cm³/mol. The number of likely N-dealkylation sites (tertiary alicyclic amines) is 1. The number of nitrogens with two attached hydrogens (primary N) is 3. The van der Waals surface area contributed by atoms with Crippen molar-refractivity contribution in [2.45, 2.75) is 76.2 Å². The van der Waals surface area contributed by atoms with Gasteiger partial charge in [-0.15, -0.1) is 0 Å². The Kier molecular flexibility index (Phi) is 16.4. The Balaban J connectivity index is 2.10. The van der Waals surface area contributed by atoms with E-state index in [2.05, 4.69) is 39.2 Å². The number of hydrogen-bond acceptors (Lipinski definition) is 11. The van der Waals surface area contributed by atoms with Crippen molar-refractivity contribution >= 4 is 59.9 Å². The number of carbonyl (C=O) groups excluding carboxylic acids is 8. The molecule has 0 unspecified atom stereocenters. The van der Waals surface area contributed by atoms with Crippen LogP contribution < -0.4 is 43.8 Å². The molecule has 2 rings (SSSR count). The van der Waals surface area contributed by atoms with Gasteiger partial charge in [-0.1, -0.05) is 26.0 Å². The molecule has 5 atom stereocenters. The maximum Gasteiger partial charge on any atom is 0.246 e. The van der Waals surface area contributed by atoms with Gasteiger partial charge in [0.2, 0.25) is 47.3 Å². The molecule has 8 amide bonds. The number of primary amides is 2. The summed E-state index contributed by atoms with van der Waals surface area (Å²) in [5.41, 5.74) is 16.6. The molecule has 1 fully saturated rings. The van der Waals surface area contributed by atoms with Crippen molar-refractivity contribution in [3.05, 3.63) is 29.8 Å². The van der Waals surface area contributed by atoms with E-state index < -0.39 is 89.9 Å². The third-order valence-corrected chi connectivity index (χ3v) is 8.24. The summed E-state index contributed by atoms with van der Waals surface area (Å²) < 4.78 is 0. The summed E-state index contributed by atoms with van der Waals surface area (Å²) in [5, 5.41) is 22.0. The maximum atomic E-state index is 13.6. The van der Waals surface area contributed by atoms with Crippen LogP contribution in [-0.2, 0) is 44.8 Å². The van der Waals surface area contributed by atoms with Crippen molar-refractivity contribution in [3.8, 4) is 5.75 Å². The van der Waals surface area contributed by atoms with E-state index >= 15 is 0 Å². The Bertz CT molecular complexity index is 1410. The summed E-state index contributed by atoms with van der Waals surface area (Å²) in [7, 11) is 0. The van der Waals surface area contributed by atoms with Crippen LogP contribution in [0, 0.1) is 5.92 Å². The van der Waals surface area contributed by atoms with Crippen LogP contribution in [0.3, 0.4) is 0 Å². The van der Waals surface area contributed by atoms with Crippen molar-refractivity contribution in [2.24, 2.45) is 23.1 Å². The topological polar surface area (TPSA) is 298 Å². The van der Waals surface area contributed by atoms with Crippen LogP contribution in [0.25, 0.3) is 0 Å². The summed E-state index contributed by atoms with van der Waals surface area (Å²) in [6.45, 7) is 2.51. The van der Waals surface area contributed by atoms with Crippen molar-refractivity contribution in [2.75, 3.05) is 25.4 Å². The van der Waals surface area contributed by atoms with Crippen LogP contribution in [0.15, 0.2) is 24.3 Å². The summed E-state index contributed by atoms with van der Waals surface area (Å²) >= 11 is 3.99. The van der Waals surface area contributed by atoms with Gasteiger partial charge in [0.05, 0.1) is 13.1 Å². The number of benzene rings is 1. The third kappa shape index (κ3) is 12.8. The normalized spacial score (nSPS) is 16.3. The van der Waals surface area contributed by atoms with E-state index in [0.29, 0.717) is 12.0 Å². The average Bonchev–Trinajstić information content (AvgIpc) is 3.56. The van der Waals surface area contributed by atoms with Gasteiger partial charge >= 0.3 is 0 Å². The smallest absolute Gasteiger partial charge is 0.246 e. The lowest BCUT2D eigenvalue weighted by atomic mass is 10.0. The van der Waals surface area contributed by atoms with Gasteiger partial charge in [0.25, 0.3) is 0 Å². The lowest BCUT2D eigenvalue weighted by Gasteiger charge is -2.29. The summed E-state index contributed by atoms with van der Waals surface area (Å²) in [4.78, 5) is 102. The zero-order chi connectivity index (χ0) is 37.5. The van der Waals surface area contributed by atoms with Gasteiger partial charge in [0.1, 0.15) is 36.0 Å². The standard InChI is InChI=1S/C31H47N9O9S/c1-16(2)26(30(48)38-21(15-50)27(34)45)39-28(46)19(9-10-23(33)42)36-25(44)14-35-29(47)22-4-3-11-40(22)31(49)20(37-24(43)13-32)12-17-5-7-18(41)8-6-17/h5-8,16,19-22,26,41,50H,3-4,9-15,32H2,1-2H3,(H2,33,42)(H2,34,45)(H,35,47)(H,36,44)(H,37,43)(H,38,48)(H,39,46)/t19-,20-,21-,22-,26-/m0/s1. The molecule has 1 aromatic carbocycles. The first kappa shape index (κ1) is 41.3. The monoisotopic (exact) mass is 721 g/mol. The van der Waals surface area contributed by atoms with Gasteiger partial charge in [0, 0.05) is 25.1 Å². The fraction of sp³-hybridized carbons (Fsp3) is 0.548. The molecule has 1 heterocycles. The minimum Gasteiger partial charge on any atom is -0.508 e. The van der Waals surface area contributed by atoms with Crippen LogP contribution >= 0.6 is 12.6 Å². The zero-order valence-electron chi connectivity index (χ0n) is 28.0. The predicted octanol–water partition coefficient (Wildman–Crippen LogP) is -3.72. The molecule has 0 aromatic heterocycles. The molecular formula is C31H47N9O9S. The number of carbonyl (C=O) groups is 8. The molecule has 50 heavy (non-hydrogen) atoms. The molecule has 1 aliphatic heterocycles. The fourth-order valence-corrected chi connectivity index (χ4v) is 5.44. The number of nitrogens with one attached hydrogen (secondary N) is 5. The van der Waals surface area contributed by atoms with E-state index in [1.807, 2.05) is 0 Å². The first-order valence-corrected chi connectivity index (χ1v) is 16.6. The highest BCUT2D eigenvalue weighted by molar-refractivity contribution is 7.80. The second-order valence-corrected chi connectivity index (χ2v) is 12.5. The number of thiol groups is 1. The molecule has 1 aromatic rings. The van der Waals surface area contributed by atoms with Crippen molar-refractivity contribution in [1.82, 2.24) is 31.5 Å². The first-order chi connectivity index (χ1) is 23.6. The fourth-order valence-electron chi connectivity index (χ4n) is 5.17. The van der Waals surface area contributed by atoms with E-state index in [1.54, 1.807) is 26.0 Å². The van der Waals surface area contributed by atoms with Gasteiger partial charge in [-0.25, -0.2) is 0 Å². The molecule has 0 aliphatic carbocycles. The van der Waals surface area contributed by atoms with Crippen LogP contribution in [-0.4, -0.2) is 113 Å². The number of phenols is 1. The minimum absolute atomic E-state index is 0.0228. The van der Waals surface area contributed by atoms with E-state index in [4.69, 9.17) is 17.2 Å². The molecular weight excluding hydrogens is 674 g/mol. The number of amides is 8. The second-order valence-electron chi connectivity index (χ2n) is 12.1. The number of nitrogens with zero attached hydrogens (tertiary/aromatic N) is 1. The van der Waals surface area contributed by atoms with Gasteiger partial charge in [-0.2, -0.15) is 12.6 Å². The quantitative estimate of drug-likeness (QED) is 0.0623. The van der Waals surface area contributed by atoms with E-state index in [1.165, 1.54) is 17.0 Å². The minimum atomic E-state index is -1.34. The zero-order valence-corrected chi connectivity index (χ0v) is 28.9. The molecule has 276 valence electrons. The van der Waals surface area contributed by atoms with E-state index in [0.717, 1.165) is 0 Å². The number of rotatable bonds is 19. The first-order valence-electron chi connectivity index (χ1n) is 16.0. The Hall–Kier alpha value is -4.91. The lowest BCUT2D eigenvalue weighted by molar-refractivity contribution is -0.141. The van der Waals surface area contributed by atoms with Crippen LogP contribution in [0.4, 0.5) is 0 Å². The van der Waals surface area contributed by atoms with Crippen molar-refractivity contribution < 1.29 is 43.5 Å². The molecule has 0 radical (unpaired) electrons. The van der Waals surface area contributed by atoms with Gasteiger partial charge in [-0.05, 0) is 42.9 Å². The van der Waals surface area contributed by atoms with Gasteiger partial charge in [0.15, 0.2) is 0 Å². The second kappa shape index (κ2) is 19.9. The molecule has 19 heteroatoms. The number of aromatic hydroxyl groups is 1. The SMILES string of the molecule is CC(C)[C@H](NC(=O)[C@H](CCC(N)=O)NC(=O)CNC(=O)[C@@H]1CCCN1C(=O)[C@H](Cc1ccc(O)cc1)NC(=O)CN)C(=O)N[C@@H](CS)C(N)=O. The number of hydrogen-bond donors (Lipinski definition) is 10. The molecule has 0 bridgehead atoms. The van der Waals surface area contributed by atoms with E-state index in [9.17, 15) is 43.5 Å². The van der Waals surface area contributed by atoms with Crippen molar-refractivity contribution in [3.63, 3.8) is 0 Å².